The van der Waals surface area contributed by atoms with E-state index in [0.717, 1.165) is 0 Å². The van der Waals surface area contributed by atoms with Crippen molar-refractivity contribution >= 4 is 29.6 Å². The number of primary amides is 1. The Balaban J connectivity index is 3.17. The lowest BCUT2D eigenvalue weighted by molar-refractivity contribution is -0.144. The molecule has 1 aromatic rings. The Morgan fingerprint density at radius 2 is 1.36 bits per heavy atom. The third kappa shape index (κ3) is 9.65. The van der Waals surface area contributed by atoms with E-state index >= 15 is 0 Å². The Bertz CT molecular complexity index is 909. The van der Waals surface area contributed by atoms with Crippen molar-refractivity contribution in [2.24, 2.45) is 23.3 Å². The van der Waals surface area contributed by atoms with Crippen molar-refractivity contribution < 1.29 is 29.1 Å². The molecule has 0 aliphatic rings. The van der Waals surface area contributed by atoms with Crippen molar-refractivity contribution in [1.29, 1.82) is 0 Å². The number of hydrogen-bond acceptors (Lipinski definition) is 6. The van der Waals surface area contributed by atoms with E-state index in [1.54, 1.807) is 51.1 Å². The molecule has 8 N–H and O–H groups in total. The van der Waals surface area contributed by atoms with Crippen LogP contribution in [0.3, 0.4) is 0 Å². The first-order chi connectivity index (χ1) is 16.9. The van der Waals surface area contributed by atoms with Gasteiger partial charge in [0.2, 0.25) is 23.6 Å². The highest BCUT2D eigenvalue weighted by Crippen LogP contribution is 2.11. The Labute approximate surface area is 211 Å². The van der Waals surface area contributed by atoms with Crippen LogP contribution in [0.25, 0.3) is 0 Å². The van der Waals surface area contributed by atoms with Crippen molar-refractivity contribution in [2.75, 3.05) is 0 Å². The predicted octanol–water partition coefficient (Wildman–Crippen LogP) is 0.0630. The van der Waals surface area contributed by atoms with Gasteiger partial charge in [-0.05, 0) is 17.4 Å². The fraction of sp³-hybridized carbons (Fsp3) is 0.560. The fourth-order valence-corrected chi connectivity index (χ4v) is 3.46. The average Bonchev–Trinajstić information content (AvgIpc) is 2.84. The number of carboxylic acids is 1. The largest absolute Gasteiger partial charge is 0.480 e. The van der Waals surface area contributed by atoms with Crippen molar-refractivity contribution in [3.8, 4) is 0 Å². The van der Waals surface area contributed by atoms with Gasteiger partial charge in [0.25, 0.3) is 0 Å². The first kappa shape index (κ1) is 30.6. The van der Waals surface area contributed by atoms with Gasteiger partial charge in [0.15, 0.2) is 0 Å². The van der Waals surface area contributed by atoms with Crippen LogP contribution in [0.5, 0.6) is 0 Å². The molecule has 11 nitrogen and oxygen atoms in total. The molecule has 0 radical (unpaired) electrons. The molecule has 200 valence electrons. The smallest absolute Gasteiger partial charge is 0.326 e. The van der Waals surface area contributed by atoms with Crippen LogP contribution < -0.4 is 27.4 Å². The van der Waals surface area contributed by atoms with Crippen LogP contribution in [0, 0.1) is 11.8 Å². The normalized spacial score (nSPS) is 15.9. The molecule has 0 aliphatic carbocycles. The molecule has 0 fully saturated rings. The molecular weight excluding hydrogens is 466 g/mol. The molecule has 6 unspecified atom stereocenters. The summed E-state index contributed by atoms with van der Waals surface area (Å²) in [4.78, 5) is 62.1. The first-order valence-electron chi connectivity index (χ1n) is 12.1. The molecule has 0 aromatic heterocycles. The molecule has 0 aliphatic heterocycles. The Kier molecular flexibility index (Phi) is 12.6. The van der Waals surface area contributed by atoms with E-state index in [-0.39, 0.29) is 18.3 Å². The van der Waals surface area contributed by atoms with Crippen molar-refractivity contribution in [1.82, 2.24) is 16.0 Å². The zero-order valence-corrected chi connectivity index (χ0v) is 21.3. The highest BCUT2D eigenvalue weighted by molar-refractivity contribution is 5.96. The lowest BCUT2D eigenvalue weighted by Crippen LogP contribution is -2.59. The molecule has 4 amide bonds. The van der Waals surface area contributed by atoms with Gasteiger partial charge in [-0.15, -0.1) is 0 Å². The molecule has 1 rings (SSSR count). The number of aliphatic carboxylic acids is 1. The van der Waals surface area contributed by atoms with Crippen molar-refractivity contribution in [3.05, 3.63) is 35.9 Å². The summed E-state index contributed by atoms with van der Waals surface area (Å²) < 4.78 is 0. The van der Waals surface area contributed by atoms with Crippen LogP contribution in [0.2, 0.25) is 0 Å². The highest BCUT2D eigenvalue weighted by Gasteiger charge is 2.33. The van der Waals surface area contributed by atoms with Gasteiger partial charge in [-0.25, -0.2) is 4.79 Å². The molecule has 0 spiro atoms. The molecule has 0 saturated heterocycles. The van der Waals surface area contributed by atoms with E-state index in [9.17, 15) is 29.1 Å². The second-order valence-electron chi connectivity index (χ2n) is 9.10. The van der Waals surface area contributed by atoms with Crippen LogP contribution in [-0.4, -0.2) is 58.9 Å². The number of carbonyl (C=O) groups is 5. The zero-order chi connectivity index (χ0) is 27.4. The van der Waals surface area contributed by atoms with Gasteiger partial charge in [-0.1, -0.05) is 70.9 Å². The quantitative estimate of drug-likeness (QED) is 0.194. The fourth-order valence-electron chi connectivity index (χ4n) is 3.46. The minimum Gasteiger partial charge on any atom is -0.480 e. The van der Waals surface area contributed by atoms with Crippen LogP contribution in [-0.2, 0) is 30.4 Å². The minimum atomic E-state index is -1.36. The number of benzene rings is 1. The molecule has 0 heterocycles. The van der Waals surface area contributed by atoms with Crippen molar-refractivity contribution in [3.63, 3.8) is 0 Å². The maximum Gasteiger partial charge on any atom is 0.326 e. The number of amides is 4. The SMILES string of the molecule is CCC(C)C(N)C(=O)NC(CC(N)=O)C(=O)NC(Cc1ccccc1)C(=O)NC(C(=O)O)C(C)CC. The number of nitrogens with two attached hydrogens (primary N) is 2. The lowest BCUT2D eigenvalue weighted by atomic mass is 9.97. The van der Waals surface area contributed by atoms with Crippen LogP contribution in [0.4, 0.5) is 0 Å². The zero-order valence-electron chi connectivity index (χ0n) is 21.3. The standard InChI is InChI=1S/C25H39N5O6/c1-5-14(3)20(27)24(34)29-18(13-19(26)31)22(32)28-17(12-16-10-8-7-9-11-16)23(33)30-21(25(35)36)15(4)6-2/h7-11,14-15,17-18,20-21H,5-6,12-13,27H2,1-4H3,(H2,26,31)(H,28,32)(H,29,34)(H,30,33)(H,35,36). The molecule has 1 aromatic carbocycles. The van der Waals surface area contributed by atoms with Gasteiger partial charge < -0.3 is 32.5 Å². The van der Waals surface area contributed by atoms with Gasteiger partial charge in [0.05, 0.1) is 12.5 Å². The second-order valence-corrected chi connectivity index (χ2v) is 9.10. The number of nitrogens with one attached hydrogen (secondary N) is 3. The molecule has 36 heavy (non-hydrogen) atoms. The third-order valence-electron chi connectivity index (χ3n) is 6.29. The molecule has 0 saturated carbocycles. The summed E-state index contributed by atoms with van der Waals surface area (Å²) in [6.07, 6.45) is 0.682. The van der Waals surface area contributed by atoms with E-state index in [0.29, 0.717) is 18.4 Å². The minimum absolute atomic E-state index is 0.0505. The van der Waals surface area contributed by atoms with Crippen LogP contribution in [0.1, 0.15) is 52.5 Å². The topological polar surface area (TPSA) is 194 Å². The summed E-state index contributed by atoms with van der Waals surface area (Å²) in [6.45, 7) is 7.14. The molecule has 11 heteroatoms. The van der Waals surface area contributed by atoms with E-state index in [1.165, 1.54) is 0 Å². The number of carboxylic acid groups (broad SMARTS) is 1. The molecule has 6 atom stereocenters. The maximum atomic E-state index is 13.1. The summed E-state index contributed by atoms with van der Waals surface area (Å²) >= 11 is 0. The van der Waals surface area contributed by atoms with E-state index in [4.69, 9.17) is 11.5 Å². The second kappa shape index (κ2) is 14.8. The Morgan fingerprint density at radius 1 is 0.833 bits per heavy atom. The Hall–Kier alpha value is -3.47. The number of hydrogen-bond donors (Lipinski definition) is 6. The first-order valence-corrected chi connectivity index (χ1v) is 12.1. The highest BCUT2D eigenvalue weighted by atomic mass is 16.4. The van der Waals surface area contributed by atoms with Gasteiger partial charge in [-0.3, -0.25) is 19.2 Å². The summed E-state index contributed by atoms with van der Waals surface area (Å²) in [7, 11) is 0. The Morgan fingerprint density at radius 3 is 1.86 bits per heavy atom. The lowest BCUT2D eigenvalue weighted by Gasteiger charge is -2.27. The average molecular weight is 506 g/mol. The van der Waals surface area contributed by atoms with Gasteiger partial charge >= 0.3 is 5.97 Å². The summed E-state index contributed by atoms with van der Waals surface area (Å²) in [6, 6.07) is 4.21. The summed E-state index contributed by atoms with van der Waals surface area (Å²) in [5.41, 5.74) is 11.9. The number of rotatable bonds is 15. The van der Waals surface area contributed by atoms with Crippen LogP contribution in [0.15, 0.2) is 30.3 Å². The predicted molar refractivity (Wildman–Crippen MR) is 134 cm³/mol. The summed E-state index contributed by atoms with van der Waals surface area (Å²) in [5, 5.41) is 17.1. The number of carbonyl (C=O) groups excluding carboxylic acids is 4. The monoisotopic (exact) mass is 505 g/mol. The van der Waals surface area contributed by atoms with Gasteiger partial charge in [-0.2, -0.15) is 0 Å². The van der Waals surface area contributed by atoms with Crippen LogP contribution >= 0.6 is 0 Å². The molecular formula is C25H39N5O6. The van der Waals surface area contributed by atoms with Gasteiger partial charge in [0.1, 0.15) is 18.1 Å². The van der Waals surface area contributed by atoms with Gasteiger partial charge in [0, 0.05) is 6.42 Å². The maximum absolute atomic E-state index is 13.1. The van der Waals surface area contributed by atoms with Crippen molar-refractivity contribution in [2.45, 2.75) is 77.5 Å². The van der Waals surface area contributed by atoms with E-state index < -0.39 is 60.2 Å². The van der Waals surface area contributed by atoms with E-state index in [1.807, 2.05) is 6.92 Å². The third-order valence-corrected chi connectivity index (χ3v) is 6.29. The van der Waals surface area contributed by atoms with E-state index in [2.05, 4.69) is 16.0 Å². The summed E-state index contributed by atoms with van der Waals surface area (Å²) in [5.74, 6) is -4.71. The molecule has 0 bridgehead atoms.